The Labute approximate surface area is 169 Å². The molecule has 0 radical (unpaired) electrons. The zero-order chi connectivity index (χ0) is 20.3. The van der Waals surface area contributed by atoms with Gasteiger partial charge in [-0.1, -0.05) is 12.1 Å². The fourth-order valence-electron chi connectivity index (χ4n) is 3.77. The number of carbonyl (C=O) groups is 1. The molecule has 0 atom stereocenters. The van der Waals surface area contributed by atoms with Gasteiger partial charge in [-0.3, -0.25) is 9.78 Å². The second-order valence-electron chi connectivity index (χ2n) is 7.40. The number of piperidine rings is 1. The lowest BCUT2D eigenvalue weighted by molar-refractivity contribution is -0.152. The summed E-state index contributed by atoms with van der Waals surface area (Å²) in [4.78, 5) is 18.3. The Morgan fingerprint density at radius 1 is 1.10 bits per heavy atom. The second-order valence-corrected chi connectivity index (χ2v) is 7.40. The molecular formula is C23H21N3O3. The number of carboxylic acids is 1. The first-order chi connectivity index (χ1) is 14.1. The van der Waals surface area contributed by atoms with Crippen molar-refractivity contribution in [1.29, 1.82) is 5.26 Å². The Kier molecular flexibility index (Phi) is 5.05. The zero-order valence-electron chi connectivity index (χ0n) is 15.9. The molecule has 146 valence electrons. The van der Waals surface area contributed by atoms with Crippen molar-refractivity contribution < 1.29 is 14.6 Å². The summed E-state index contributed by atoms with van der Waals surface area (Å²) >= 11 is 0. The average molecular weight is 387 g/mol. The summed E-state index contributed by atoms with van der Waals surface area (Å²) < 4.78 is 5.94. The lowest BCUT2D eigenvalue weighted by Crippen LogP contribution is -2.47. The van der Waals surface area contributed by atoms with Crippen molar-refractivity contribution in [1.82, 2.24) is 4.98 Å². The predicted octanol–water partition coefficient (Wildman–Crippen LogP) is 3.86. The maximum atomic E-state index is 12.1. The predicted molar refractivity (Wildman–Crippen MR) is 110 cm³/mol. The minimum atomic E-state index is -0.910. The summed E-state index contributed by atoms with van der Waals surface area (Å²) in [5.41, 5.74) is 0.732. The fraction of sp³-hybridized carbons (Fsp3) is 0.261. The lowest BCUT2D eigenvalue weighted by Gasteiger charge is -2.39. The van der Waals surface area contributed by atoms with Gasteiger partial charge in [0.1, 0.15) is 17.8 Å². The molecule has 3 aromatic rings. The maximum Gasteiger partial charge on any atom is 0.313 e. The van der Waals surface area contributed by atoms with Crippen molar-refractivity contribution in [3.63, 3.8) is 0 Å². The molecule has 0 aliphatic carbocycles. The summed E-state index contributed by atoms with van der Waals surface area (Å²) in [6, 6.07) is 17.1. The molecule has 2 aromatic carbocycles. The van der Waals surface area contributed by atoms with E-state index in [2.05, 4.69) is 16.0 Å². The highest BCUT2D eigenvalue weighted by Gasteiger charge is 2.42. The van der Waals surface area contributed by atoms with Crippen LogP contribution >= 0.6 is 0 Å². The van der Waals surface area contributed by atoms with Crippen molar-refractivity contribution >= 4 is 22.4 Å². The second kappa shape index (κ2) is 7.80. The summed E-state index contributed by atoms with van der Waals surface area (Å²) in [7, 11) is 0. The minimum absolute atomic E-state index is 0.121. The van der Waals surface area contributed by atoms with Gasteiger partial charge in [-0.2, -0.15) is 5.26 Å². The molecule has 1 aliphatic rings. The molecule has 1 N–H and O–H groups in total. The third-order valence-electron chi connectivity index (χ3n) is 5.66. The number of hydrogen-bond donors (Lipinski definition) is 1. The van der Waals surface area contributed by atoms with Crippen LogP contribution in [0.15, 0.2) is 60.9 Å². The molecule has 0 unspecified atom stereocenters. The first-order valence-electron chi connectivity index (χ1n) is 9.55. The van der Waals surface area contributed by atoms with Gasteiger partial charge in [0.05, 0.1) is 11.6 Å². The van der Waals surface area contributed by atoms with Gasteiger partial charge in [-0.25, -0.2) is 0 Å². The molecule has 0 bridgehead atoms. The molecule has 0 saturated carbocycles. The first kappa shape index (κ1) is 18.8. The van der Waals surface area contributed by atoms with Crippen LogP contribution in [0.2, 0.25) is 0 Å². The van der Waals surface area contributed by atoms with Crippen LogP contribution in [0.4, 0.5) is 5.69 Å². The van der Waals surface area contributed by atoms with Crippen molar-refractivity contribution in [2.75, 3.05) is 24.6 Å². The first-order valence-corrected chi connectivity index (χ1v) is 9.55. The van der Waals surface area contributed by atoms with E-state index >= 15 is 0 Å². The Bertz CT molecular complexity index is 1070. The molecule has 0 spiro atoms. The summed E-state index contributed by atoms with van der Waals surface area (Å²) in [6.45, 7) is 1.43. The molecule has 6 heteroatoms. The highest BCUT2D eigenvalue weighted by molar-refractivity contribution is 5.85. The lowest BCUT2D eigenvalue weighted by atomic mass is 9.79. The number of nitrogens with zero attached hydrogens (tertiary/aromatic N) is 3. The van der Waals surface area contributed by atoms with E-state index in [9.17, 15) is 9.90 Å². The maximum absolute atomic E-state index is 12.1. The Hall–Kier alpha value is -3.59. The van der Waals surface area contributed by atoms with E-state index in [-0.39, 0.29) is 6.61 Å². The largest absolute Gasteiger partial charge is 0.492 e. The SMILES string of the molecule is N#Cc1ccc2ccc(OCC3(C(=O)O)CCN(c4ccncc4)CC3)cc2c1. The van der Waals surface area contributed by atoms with Gasteiger partial charge in [-0.15, -0.1) is 0 Å². The number of nitriles is 1. The normalized spacial score (nSPS) is 15.6. The number of ether oxygens (including phenoxy) is 1. The molecule has 1 aromatic heterocycles. The van der Waals surface area contributed by atoms with E-state index in [1.54, 1.807) is 18.5 Å². The van der Waals surface area contributed by atoms with E-state index in [4.69, 9.17) is 10.00 Å². The van der Waals surface area contributed by atoms with Crippen LogP contribution in [0.3, 0.4) is 0 Å². The van der Waals surface area contributed by atoms with Gasteiger partial charge < -0.3 is 14.7 Å². The molecular weight excluding hydrogens is 366 g/mol. The van der Waals surface area contributed by atoms with Gasteiger partial charge >= 0.3 is 5.97 Å². The van der Waals surface area contributed by atoms with Crippen LogP contribution in [-0.4, -0.2) is 35.8 Å². The Balaban J connectivity index is 1.47. The molecule has 4 rings (SSSR count). The van der Waals surface area contributed by atoms with E-state index in [1.165, 1.54) is 0 Å². The molecule has 2 heterocycles. The van der Waals surface area contributed by atoms with E-state index < -0.39 is 11.4 Å². The minimum Gasteiger partial charge on any atom is -0.492 e. The number of anilines is 1. The van der Waals surface area contributed by atoms with Crippen molar-refractivity contribution in [3.8, 4) is 11.8 Å². The Morgan fingerprint density at radius 3 is 2.52 bits per heavy atom. The van der Waals surface area contributed by atoms with E-state index in [0.717, 1.165) is 16.5 Å². The third kappa shape index (κ3) is 3.85. The number of carboxylic acid groups (broad SMARTS) is 1. The number of rotatable bonds is 5. The van der Waals surface area contributed by atoms with Gasteiger partial charge in [0.15, 0.2) is 0 Å². The Morgan fingerprint density at radius 2 is 1.83 bits per heavy atom. The van der Waals surface area contributed by atoms with Crippen LogP contribution < -0.4 is 9.64 Å². The smallest absolute Gasteiger partial charge is 0.313 e. The molecule has 6 nitrogen and oxygen atoms in total. The highest BCUT2D eigenvalue weighted by atomic mass is 16.5. The fourth-order valence-corrected chi connectivity index (χ4v) is 3.77. The monoisotopic (exact) mass is 387 g/mol. The van der Waals surface area contributed by atoms with Crippen LogP contribution in [-0.2, 0) is 4.79 Å². The summed E-state index contributed by atoms with van der Waals surface area (Å²) in [5, 5.41) is 20.9. The number of pyridine rings is 1. The van der Waals surface area contributed by atoms with Gasteiger partial charge in [-0.05, 0) is 60.0 Å². The van der Waals surface area contributed by atoms with Gasteiger partial charge in [0, 0.05) is 31.2 Å². The highest BCUT2D eigenvalue weighted by Crippen LogP contribution is 2.35. The van der Waals surface area contributed by atoms with Crippen molar-refractivity contribution in [3.05, 3.63) is 66.5 Å². The van der Waals surface area contributed by atoms with Crippen LogP contribution in [0, 0.1) is 16.7 Å². The van der Waals surface area contributed by atoms with Crippen molar-refractivity contribution in [2.45, 2.75) is 12.8 Å². The summed E-state index contributed by atoms with van der Waals surface area (Å²) in [5.74, 6) is -0.204. The van der Waals surface area contributed by atoms with Crippen molar-refractivity contribution in [2.24, 2.45) is 5.41 Å². The average Bonchev–Trinajstić information content (AvgIpc) is 2.78. The van der Waals surface area contributed by atoms with E-state index in [0.29, 0.717) is 37.2 Å². The number of aliphatic carboxylic acids is 1. The topological polar surface area (TPSA) is 86.4 Å². The third-order valence-corrected chi connectivity index (χ3v) is 5.66. The van der Waals surface area contributed by atoms with Gasteiger partial charge in [0.25, 0.3) is 0 Å². The molecule has 1 aliphatic heterocycles. The number of benzene rings is 2. The molecule has 1 saturated heterocycles. The molecule has 29 heavy (non-hydrogen) atoms. The number of fused-ring (bicyclic) bond motifs is 1. The quantitative estimate of drug-likeness (QED) is 0.715. The number of hydrogen-bond acceptors (Lipinski definition) is 5. The number of aromatic nitrogens is 1. The zero-order valence-corrected chi connectivity index (χ0v) is 15.9. The van der Waals surface area contributed by atoms with E-state index in [1.807, 2.05) is 42.5 Å². The molecule has 1 fully saturated rings. The van der Waals surface area contributed by atoms with Crippen LogP contribution in [0.25, 0.3) is 10.8 Å². The van der Waals surface area contributed by atoms with Gasteiger partial charge in [0.2, 0.25) is 0 Å². The standard InChI is InChI=1S/C23H21N3O3/c24-15-17-1-2-18-3-4-21(14-19(18)13-17)29-16-23(22(27)28)7-11-26(12-8-23)20-5-9-25-10-6-20/h1-6,9-10,13-14H,7-8,11-12,16H2,(H,27,28). The van der Waals surface area contributed by atoms with Crippen LogP contribution in [0.1, 0.15) is 18.4 Å². The molecule has 0 amide bonds. The van der Waals surface area contributed by atoms with Crippen LogP contribution in [0.5, 0.6) is 5.75 Å². The summed E-state index contributed by atoms with van der Waals surface area (Å²) in [6.07, 6.45) is 4.51.